The molecule has 1 aromatic heterocycles. The van der Waals surface area contributed by atoms with Gasteiger partial charge in [-0.3, -0.25) is 4.79 Å². The van der Waals surface area contributed by atoms with E-state index in [1.165, 1.54) is 6.33 Å². The first-order chi connectivity index (χ1) is 9.85. The van der Waals surface area contributed by atoms with E-state index < -0.39 is 0 Å². The zero-order valence-electron chi connectivity index (χ0n) is 12.2. The van der Waals surface area contributed by atoms with Crippen molar-refractivity contribution < 1.29 is 4.79 Å². The molecule has 0 radical (unpaired) electrons. The molecule has 6 nitrogen and oxygen atoms in total. The van der Waals surface area contributed by atoms with Crippen molar-refractivity contribution in [2.75, 3.05) is 11.1 Å². The van der Waals surface area contributed by atoms with Crippen molar-refractivity contribution in [1.29, 1.82) is 0 Å². The molecule has 1 aliphatic rings. The van der Waals surface area contributed by atoms with Gasteiger partial charge in [0.25, 0.3) is 5.91 Å². The molecule has 0 aliphatic carbocycles. The topological polar surface area (TPSA) is 85.8 Å². The molecule has 6 heteroatoms. The van der Waals surface area contributed by atoms with Crippen LogP contribution in [-0.4, -0.2) is 26.2 Å². The van der Waals surface area contributed by atoms with Crippen LogP contribution in [0.15, 0.2) is 30.6 Å². The van der Waals surface area contributed by atoms with Gasteiger partial charge in [0.15, 0.2) is 0 Å². The first-order valence-electron chi connectivity index (χ1n) is 6.70. The second-order valence-corrected chi connectivity index (χ2v) is 5.79. The summed E-state index contributed by atoms with van der Waals surface area (Å²) in [5, 5.41) is 7.28. The molecular formula is C15H17N5O. The van der Waals surface area contributed by atoms with E-state index in [-0.39, 0.29) is 17.4 Å². The maximum atomic E-state index is 12.3. The van der Waals surface area contributed by atoms with Crippen molar-refractivity contribution in [3.63, 3.8) is 0 Å². The predicted octanol–water partition coefficient (Wildman–Crippen LogP) is 2.16. The van der Waals surface area contributed by atoms with Crippen LogP contribution < -0.4 is 11.1 Å². The Morgan fingerprint density at radius 1 is 1.38 bits per heavy atom. The van der Waals surface area contributed by atoms with Crippen LogP contribution in [0.25, 0.3) is 5.57 Å². The number of hydrogen-bond donors (Lipinski definition) is 2. The first-order valence-corrected chi connectivity index (χ1v) is 6.70. The van der Waals surface area contributed by atoms with Crippen molar-refractivity contribution in [2.45, 2.75) is 26.3 Å². The Balaban J connectivity index is 2.01. The lowest BCUT2D eigenvalue weighted by molar-refractivity contribution is 0.0945. The molecule has 0 amide bonds. The second-order valence-electron chi connectivity index (χ2n) is 5.79. The highest BCUT2D eigenvalue weighted by Crippen LogP contribution is 2.34. The number of anilines is 2. The van der Waals surface area contributed by atoms with Gasteiger partial charge in [0.05, 0.1) is 5.54 Å². The van der Waals surface area contributed by atoms with E-state index in [1.54, 1.807) is 6.07 Å². The Labute approximate surface area is 122 Å². The molecule has 2 aromatic rings. The van der Waals surface area contributed by atoms with Gasteiger partial charge in [-0.05, 0) is 44.5 Å². The highest BCUT2D eigenvalue weighted by Gasteiger charge is 2.23. The molecule has 1 aliphatic heterocycles. The van der Waals surface area contributed by atoms with Crippen LogP contribution >= 0.6 is 0 Å². The summed E-state index contributed by atoms with van der Waals surface area (Å²) in [5.41, 5.74) is 9.08. The lowest BCUT2D eigenvalue weighted by Gasteiger charge is -2.31. The maximum absolute atomic E-state index is 12.3. The van der Waals surface area contributed by atoms with Crippen LogP contribution in [0.1, 0.15) is 36.7 Å². The number of rotatable bonds is 1. The fourth-order valence-electron chi connectivity index (χ4n) is 2.62. The number of benzene rings is 1. The molecular weight excluding hydrogens is 266 g/mol. The Morgan fingerprint density at radius 2 is 2.14 bits per heavy atom. The quantitative estimate of drug-likeness (QED) is 0.837. The second kappa shape index (κ2) is 4.44. The number of nitrogens with two attached hydrogens (primary N) is 1. The summed E-state index contributed by atoms with van der Waals surface area (Å²) in [7, 11) is 0. The highest BCUT2D eigenvalue weighted by molar-refractivity contribution is 5.97. The Hall–Kier alpha value is -2.63. The van der Waals surface area contributed by atoms with E-state index in [4.69, 9.17) is 5.73 Å². The van der Waals surface area contributed by atoms with Crippen LogP contribution in [0.4, 0.5) is 11.6 Å². The van der Waals surface area contributed by atoms with Crippen LogP contribution in [0.3, 0.4) is 0 Å². The monoisotopic (exact) mass is 283 g/mol. The molecule has 1 aromatic carbocycles. The molecule has 0 saturated heterocycles. The number of nitrogens with one attached hydrogen (secondary N) is 1. The average Bonchev–Trinajstić information content (AvgIpc) is 2.83. The number of nitrogen functional groups attached to an aromatic ring is 1. The fourth-order valence-corrected chi connectivity index (χ4v) is 2.62. The van der Waals surface area contributed by atoms with Gasteiger partial charge in [0, 0.05) is 16.8 Å². The summed E-state index contributed by atoms with van der Waals surface area (Å²) in [6, 6.07) is 5.56. The van der Waals surface area contributed by atoms with Crippen LogP contribution in [0, 0.1) is 0 Å². The number of fused-ring (bicyclic) bond motifs is 1. The summed E-state index contributed by atoms with van der Waals surface area (Å²) in [6.45, 7) is 6.26. The number of nitrogens with zero attached hydrogens (tertiary/aromatic N) is 3. The largest absolute Gasteiger partial charge is 0.376 e. The minimum atomic E-state index is -0.250. The summed E-state index contributed by atoms with van der Waals surface area (Å²) in [4.78, 5) is 16.1. The standard InChI is InChI=1S/C15H17N5O/c1-9-7-15(2,3)18-12-5-4-10(6-11(9)12)13(21)20-8-17-14(16)19-20/h4-8,18H,1-3H3,(H2,16,19). The third kappa shape index (κ3) is 2.40. The molecule has 0 saturated carbocycles. The summed E-state index contributed by atoms with van der Waals surface area (Å²) >= 11 is 0. The van der Waals surface area contributed by atoms with Crippen LogP contribution in [0.5, 0.6) is 0 Å². The number of carbonyl (C=O) groups is 1. The minimum Gasteiger partial charge on any atom is -0.376 e. The van der Waals surface area contributed by atoms with E-state index >= 15 is 0 Å². The zero-order valence-corrected chi connectivity index (χ0v) is 12.2. The molecule has 3 N–H and O–H groups in total. The fraction of sp³-hybridized carbons (Fsp3) is 0.267. The third-order valence-corrected chi connectivity index (χ3v) is 3.44. The molecule has 0 atom stereocenters. The van der Waals surface area contributed by atoms with Gasteiger partial charge in [-0.1, -0.05) is 6.08 Å². The maximum Gasteiger partial charge on any atom is 0.279 e. The normalized spacial score (nSPS) is 15.9. The molecule has 2 heterocycles. The van der Waals surface area contributed by atoms with Gasteiger partial charge >= 0.3 is 0 Å². The molecule has 3 rings (SSSR count). The van der Waals surface area contributed by atoms with E-state index in [2.05, 4.69) is 35.3 Å². The van der Waals surface area contributed by atoms with Crippen molar-refractivity contribution in [1.82, 2.24) is 14.8 Å². The minimum absolute atomic E-state index is 0.0841. The van der Waals surface area contributed by atoms with E-state index in [0.29, 0.717) is 5.56 Å². The summed E-state index contributed by atoms with van der Waals surface area (Å²) in [5.74, 6) is -0.166. The van der Waals surface area contributed by atoms with Crippen molar-refractivity contribution in [3.05, 3.63) is 41.7 Å². The highest BCUT2D eigenvalue weighted by atomic mass is 16.2. The number of carbonyl (C=O) groups excluding carboxylic acids is 1. The number of allylic oxidation sites excluding steroid dienone is 1. The van der Waals surface area contributed by atoms with Crippen molar-refractivity contribution in [2.24, 2.45) is 0 Å². The third-order valence-electron chi connectivity index (χ3n) is 3.44. The lowest BCUT2D eigenvalue weighted by atomic mass is 9.90. The van der Waals surface area contributed by atoms with Gasteiger partial charge < -0.3 is 11.1 Å². The predicted molar refractivity (Wildman–Crippen MR) is 82.0 cm³/mol. The smallest absolute Gasteiger partial charge is 0.279 e. The SMILES string of the molecule is CC1=CC(C)(C)Nc2ccc(C(=O)n3cnc(N)n3)cc21. The van der Waals surface area contributed by atoms with Crippen molar-refractivity contribution >= 4 is 23.1 Å². The Kier molecular flexibility index (Phi) is 2.83. The van der Waals surface area contributed by atoms with Gasteiger partial charge in [-0.2, -0.15) is 4.68 Å². The Bertz CT molecular complexity index is 757. The van der Waals surface area contributed by atoms with Crippen LogP contribution in [0.2, 0.25) is 0 Å². The molecule has 0 fully saturated rings. The lowest BCUT2D eigenvalue weighted by Crippen LogP contribution is -2.31. The zero-order chi connectivity index (χ0) is 15.2. The van der Waals surface area contributed by atoms with E-state index in [9.17, 15) is 4.79 Å². The van der Waals surface area contributed by atoms with Gasteiger partial charge in [-0.25, -0.2) is 4.98 Å². The molecule has 108 valence electrons. The van der Waals surface area contributed by atoms with Crippen molar-refractivity contribution in [3.8, 4) is 0 Å². The summed E-state index contributed by atoms with van der Waals surface area (Å²) < 4.78 is 1.15. The first kappa shape index (κ1) is 13.4. The van der Waals surface area contributed by atoms with E-state index in [0.717, 1.165) is 21.5 Å². The van der Waals surface area contributed by atoms with E-state index in [1.807, 2.05) is 19.1 Å². The number of hydrogen-bond acceptors (Lipinski definition) is 5. The van der Waals surface area contributed by atoms with Crippen LogP contribution in [-0.2, 0) is 0 Å². The van der Waals surface area contributed by atoms with Gasteiger partial charge in [-0.15, -0.1) is 5.10 Å². The molecule has 0 spiro atoms. The average molecular weight is 283 g/mol. The molecule has 21 heavy (non-hydrogen) atoms. The summed E-state index contributed by atoms with van der Waals surface area (Å²) in [6.07, 6.45) is 3.47. The van der Waals surface area contributed by atoms with Gasteiger partial charge in [0.2, 0.25) is 5.95 Å². The molecule has 0 bridgehead atoms. The van der Waals surface area contributed by atoms with Gasteiger partial charge in [0.1, 0.15) is 6.33 Å². The number of aromatic nitrogens is 3. The molecule has 0 unspecified atom stereocenters. The Morgan fingerprint density at radius 3 is 2.81 bits per heavy atom.